The first-order chi connectivity index (χ1) is 8.22. The van der Waals surface area contributed by atoms with Crippen molar-refractivity contribution < 1.29 is 0 Å². The Labute approximate surface area is 110 Å². The summed E-state index contributed by atoms with van der Waals surface area (Å²) in [7, 11) is 0. The Bertz CT molecular complexity index is 558. The SMILES string of the molecule is Clc1cc(Cl)cc(-c2ccc3c(c2)CCN3)c1. The Morgan fingerprint density at radius 2 is 1.65 bits per heavy atom. The lowest BCUT2D eigenvalue weighted by molar-refractivity contribution is 1.11. The fraction of sp³-hybridized carbons (Fsp3) is 0.143. The van der Waals surface area contributed by atoms with E-state index in [9.17, 15) is 0 Å². The van der Waals surface area contributed by atoms with Crippen molar-refractivity contribution in [2.24, 2.45) is 0 Å². The average molecular weight is 264 g/mol. The number of hydrogen-bond donors (Lipinski definition) is 1. The van der Waals surface area contributed by atoms with E-state index >= 15 is 0 Å². The second kappa shape index (κ2) is 4.25. The van der Waals surface area contributed by atoms with Gasteiger partial charge in [-0.3, -0.25) is 0 Å². The molecule has 1 N–H and O–H groups in total. The van der Waals surface area contributed by atoms with Crippen LogP contribution in [-0.2, 0) is 6.42 Å². The maximum Gasteiger partial charge on any atom is 0.0426 e. The number of fused-ring (bicyclic) bond motifs is 1. The molecule has 0 radical (unpaired) electrons. The van der Waals surface area contributed by atoms with Crippen LogP contribution in [0.15, 0.2) is 36.4 Å². The third-order valence-corrected chi connectivity index (χ3v) is 3.45. The molecule has 0 unspecified atom stereocenters. The Balaban J connectivity index is 2.09. The topological polar surface area (TPSA) is 12.0 Å². The Morgan fingerprint density at radius 1 is 0.882 bits per heavy atom. The average Bonchev–Trinajstić information content (AvgIpc) is 2.74. The van der Waals surface area contributed by atoms with E-state index in [4.69, 9.17) is 23.2 Å². The number of rotatable bonds is 1. The van der Waals surface area contributed by atoms with E-state index in [2.05, 4.69) is 23.5 Å². The molecule has 0 atom stereocenters. The minimum absolute atomic E-state index is 0.672. The quantitative estimate of drug-likeness (QED) is 0.791. The highest BCUT2D eigenvalue weighted by Gasteiger charge is 2.11. The molecule has 2 aromatic carbocycles. The van der Waals surface area contributed by atoms with Gasteiger partial charge in [0, 0.05) is 22.3 Å². The van der Waals surface area contributed by atoms with Crippen LogP contribution >= 0.6 is 23.2 Å². The van der Waals surface area contributed by atoms with Gasteiger partial charge in [0.2, 0.25) is 0 Å². The largest absolute Gasteiger partial charge is 0.384 e. The zero-order valence-corrected chi connectivity index (χ0v) is 10.6. The summed E-state index contributed by atoms with van der Waals surface area (Å²) in [5.74, 6) is 0. The molecule has 0 amide bonds. The van der Waals surface area contributed by atoms with E-state index in [0.29, 0.717) is 10.0 Å². The van der Waals surface area contributed by atoms with Gasteiger partial charge >= 0.3 is 0 Å². The fourth-order valence-electron chi connectivity index (χ4n) is 2.20. The minimum Gasteiger partial charge on any atom is -0.384 e. The summed E-state index contributed by atoms with van der Waals surface area (Å²) >= 11 is 12.0. The van der Waals surface area contributed by atoms with Crippen LogP contribution in [0.25, 0.3) is 11.1 Å². The summed E-state index contributed by atoms with van der Waals surface area (Å²) in [5.41, 5.74) is 4.83. The standard InChI is InChI=1S/C14H11Cl2N/c15-12-6-11(7-13(16)8-12)9-1-2-14-10(5-9)3-4-17-14/h1-2,5-8,17H,3-4H2. The molecule has 3 heteroatoms. The zero-order valence-electron chi connectivity index (χ0n) is 9.13. The van der Waals surface area contributed by atoms with Crippen LogP contribution in [0.3, 0.4) is 0 Å². The van der Waals surface area contributed by atoms with Gasteiger partial charge in [0.05, 0.1) is 0 Å². The highest BCUT2D eigenvalue weighted by atomic mass is 35.5. The summed E-state index contributed by atoms with van der Waals surface area (Å²) in [6, 6.07) is 12.1. The third kappa shape index (κ3) is 2.13. The maximum absolute atomic E-state index is 6.02. The fourth-order valence-corrected chi connectivity index (χ4v) is 2.73. The molecular formula is C14H11Cl2N. The van der Waals surface area contributed by atoms with Gasteiger partial charge in [-0.2, -0.15) is 0 Å². The molecule has 0 aromatic heterocycles. The summed E-state index contributed by atoms with van der Waals surface area (Å²) in [6.07, 6.45) is 1.08. The number of hydrogen-bond acceptors (Lipinski definition) is 1. The smallest absolute Gasteiger partial charge is 0.0426 e. The van der Waals surface area contributed by atoms with Gasteiger partial charge in [-0.15, -0.1) is 0 Å². The molecule has 0 fully saturated rings. The van der Waals surface area contributed by atoms with E-state index in [1.54, 1.807) is 6.07 Å². The molecule has 0 aliphatic carbocycles. The van der Waals surface area contributed by atoms with E-state index in [1.165, 1.54) is 11.3 Å². The second-order valence-corrected chi connectivity index (χ2v) is 5.08. The van der Waals surface area contributed by atoms with Crippen molar-refractivity contribution in [1.82, 2.24) is 0 Å². The van der Waals surface area contributed by atoms with Crippen LogP contribution in [0.2, 0.25) is 10.0 Å². The Hall–Kier alpha value is -1.18. The molecular weight excluding hydrogens is 253 g/mol. The third-order valence-electron chi connectivity index (χ3n) is 3.01. The monoisotopic (exact) mass is 263 g/mol. The number of halogens is 2. The molecule has 0 bridgehead atoms. The zero-order chi connectivity index (χ0) is 11.8. The van der Waals surface area contributed by atoms with Crippen LogP contribution in [0.5, 0.6) is 0 Å². The van der Waals surface area contributed by atoms with Crippen LogP contribution in [-0.4, -0.2) is 6.54 Å². The molecule has 0 spiro atoms. The lowest BCUT2D eigenvalue weighted by Gasteiger charge is -2.06. The van der Waals surface area contributed by atoms with Crippen molar-refractivity contribution in [3.05, 3.63) is 52.0 Å². The van der Waals surface area contributed by atoms with Crippen LogP contribution in [0, 0.1) is 0 Å². The van der Waals surface area contributed by atoms with Crippen LogP contribution in [0.4, 0.5) is 5.69 Å². The molecule has 1 aliphatic heterocycles. The van der Waals surface area contributed by atoms with Gasteiger partial charge in [-0.25, -0.2) is 0 Å². The van der Waals surface area contributed by atoms with Gasteiger partial charge in [-0.1, -0.05) is 29.3 Å². The molecule has 1 heterocycles. The van der Waals surface area contributed by atoms with Gasteiger partial charge in [-0.05, 0) is 53.4 Å². The first-order valence-electron chi connectivity index (χ1n) is 5.56. The van der Waals surface area contributed by atoms with Crippen molar-refractivity contribution in [3.63, 3.8) is 0 Å². The van der Waals surface area contributed by atoms with Crippen molar-refractivity contribution in [2.45, 2.75) is 6.42 Å². The molecule has 1 aliphatic rings. The molecule has 1 nitrogen and oxygen atoms in total. The highest BCUT2D eigenvalue weighted by molar-refractivity contribution is 6.35. The first-order valence-corrected chi connectivity index (χ1v) is 6.31. The molecule has 2 aromatic rings. The number of nitrogens with one attached hydrogen (secondary N) is 1. The Kier molecular flexibility index (Phi) is 2.73. The van der Waals surface area contributed by atoms with Gasteiger partial charge in [0.25, 0.3) is 0 Å². The van der Waals surface area contributed by atoms with Crippen molar-refractivity contribution in [2.75, 3.05) is 11.9 Å². The molecule has 0 saturated carbocycles. The van der Waals surface area contributed by atoms with Crippen molar-refractivity contribution in [3.8, 4) is 11.1 Å². The summed E-state index contributed by atoms with van der Waals surface area (Å²) in [6.45, 7) is 1.02. The van der Waals surface area contributed by atoms with Gasteiger partial charge in [0.15, 0.2) is 0 Å². The lowest BCUT2D eigenvalue weighted by atomic mass is 10.0. The van der Waals surface area contributed by atoms with Crippen LogP contribution < -0.4 is 5.32 Å². The van der Waals surface area contributed by atoms with E-state index in [0.717, 1.165) is 24.1 Å². The Morgan fingerprint density at radius 3 is 2.41 bits per heavy atom. The van der Waals surface area contributed by atoms with E-state index in [1.807, 2.05) is 12.1 Å². The predicted octanol–water partition coefficient (Wildman–Crippen LogP) is 4.63. The molecule has 86 valence electrons. The van der Waals surface area contributed by atoms with E-state index in [-0.39, 0.29) is 0 Å². The lowest BCUT2D eigenvalue weighted by Crippen LogP contribution is -1.90. The van der Waals surface area contributed by atoms with Crippen molar-refractivity contribution >= 4 is 28.9 Å². The summed E-state index contributed by atoms with van der Waals surface area (Å²) in [5, 5.41) is 4.69. The summed E-state index contributed by atoms with van der Waals surface area (Å²) in [4.78, 5) is 0. The van der Waals surface area contributed by atoms with Crippen molar-refractivity contribution in [1.29, 1.82) is 0 Å². The first kappa shape index (κ1) is 10.9. The maximum atomic E-state index is 6.02. The molecule has 0 saturated heterocycles. The van der Waals surface area contributed by atoms with Gasteiger partial charge < -0.3 is 5.32 Å². The molecule has 3 rings (SSSR count). The predicted molar refractivity (Wildman–Crippen MR) is 74.1 cm³/mol. The second-order valence-electron chi connectivity index (χ2n) is 4.21. The minimum atomic E-state index is 0.672. The number of anilines is 1. The van der Waals surface area contributed by atoms with Gasteiger partial charge in [0.1, 0.15) is 0 Å². The highest BCUT2D eigenvalue weighted by Crippen LogP contribution is 2.31. The van der Waals surface area contributed by atoms with E-state index < -0.39 is 0 Å². The van der Waals surface area contributed by atoms with Crippen LogP contribution in [0.1, 0.15) is 5.56 Å². The normalized spacial score (nSPS) is 13.3. The molecule has 17 heavy (non-hydrogen) atoms. The number of benzene rings is 2. The summed E-state index contributed by atoms with van der Waals surface area (Å²) < 4.78 is 0.